The van der Waals surface area contributed by atoms with Gasteiger partial charge < -0.3 is 9.52 Å². The molecule has 4 unspecified atom stereocenters. The van der Waals surface area contributed by atoms with Crippen molar-refractivity contribution in [3.63, 3.8) is 0 Å². The summed E-state index contributed by atoms with van der Waals surface area (Å²) in [5.41, 5.74) is 1.13. The lowest BCUT2D eigenvalue weighted by Gasteiger charge is -2.30. The number of hydrogen-bond acceptors (Lipinski definition) is 3. The maximum Gasteiger partial charge on any atom is 0.321 e. The second kappa shape index (κ2) is 4.92. The van der Waals surface area contributed by atoms with Gasteiger partial charge in [0, 0.05) is 18.2 Å². The van der Waals surface area contributed by atoms with Crippen LogP contribution in [0.1, 0.15) is 49.3 Å². The van der Waals surface area contributed by atoms with Gasteiger partial charge in [0.25, 0.3) is 0 Å². The van der Waals surface area contributed by atoms with Gasteiger partial charge in [0.15, 0.2) is 0 Å². The highest BCUT2D eigenvalue weighted by Crippen LogP contribution is 2.45. The minimum atomic E-state index is -0.663. The molecule has 0 radical (unpaired) electrons. The molecular formula is C16H23NO3. The molecule has 0 aromatic carbocycles. The first-order valence-corrected chi connectivity index (χ1v) is 7.54. The Morgan fingerprint density at radius 3 is 2.80 bits per heavy atom. The monoisotopic (exact) mass is 277 g/mol. The molecule has 20 heavy (non-hydrogen) atoms. The fraction of sp³-hybridized carbons (Fsp3) is 0.688. The summed E-state index contributed by atoms with van der Waals surface area (Å²) in [6.45, 7) is 6.92. The number of rotatable bonds is 3. The van der Waals surface area contributed by atoms with Crippen LogP contribution in [0, 0.1) is 25.7 Å². The summed E-state index contributed by atoms with van der Waals surface area (Å²) in [6.07, 6.45) is 3.43. The molecule has 2 fully saturated rings. The predicted octanol–water partition coefficient (Wildman–Crippen LogP) is 3.14. The molecule has 1 aromatic heterocycles. The van der Waals surface area contributed by atoms with E-state index in [1.54, 1.807) is 0 Å². The number of hydrogen-bond donors (Lipinski definition) is 1. The van der Waals surface area contributed by atoms with E-state index < -0.39 is 5.97 Å². The SMILES string of the molecule is Cc1cc(C(C)N2CC3CCCC3C2C(=O)O)c(C)o1. The zero-order valence-electron chi connectivity index (χ0n) is 12.4. The van der Waals surface area contributed by atoms with Crippen LogP contribution in [-0.4, -0.2) is 28.6 Å². The van der Waals surface area contributed by atoms with E-state index in [-0.39, 0.29) is 12.1 Å². The van der Waals surface area contributed by atoms with E-state index in [4.69, 9.17) is 4.42 Å². The van der Waals surface area contributed by atoms with E-state index in [0.717, 1.165) is 30.0 Å². The topological polar surface area (TPSA) is 53.7 Å². The van der Waals surface area contributed by atoms with E-state index in [1.807, 2.05) is 19.9 Å². The van der Waals surface area contributed by atoms with Gasteiger partial charge in [-0.2, -0.15) is 0 Å². The Balaban J connectivity index is 1.88. The van der Waals surface area contributed by atoms with Gasteiger partial charge in [0.1, 0.15) is 17.6 Å². The minimum Gasteiger partial charge on any atom is -0.480 e. The zero-order chi connectivity index (χ0) is 14.4. The largest absolute Gasteiger partial charge is 0.480 e. The van der Waals surface area contributed by atoms with Crippen molar-refractivity contribution in [3.8, 4) is 0 Å². The highest BCUT2D eigenvalue weighted by atomic mass is 16.4. The molecular weight excluding hydrogens is 254 g/mol. The van der Waals surface area contributed by atoms with E-state index in [0.29, 0.717) is 11.8 Å². The molecule has 1 N–H and O–H groups in total. The number of carboxylic acids is 1. The molecule has 1 aliphatic heterocycles. The van der Waals surface area contributed by atoms with Gasteiger partial charge >= 0.3 is 5.97 Å². The second-order valence-corrected chi connectivity index (χ2v) is 6.38. The quantitative estimate of drug-likeness (QED) is 0.922. The van der Waals surface area contributed by atoms with Crippen molar-refractivity contribution in [2.45, 2.75) is 52.1 Å². The van der Waals surface area contributed by atoms with Crippen molar-refractivity contribution in [3.05, 3.63) is 23.2 Å². The third-order valence-electron chi connectivity index (χ3n) is 5.21. The van der Waals surface area contributed by atoms with Crippen LogP contribution >= 0.6 is 0 Å². The number of likely N-dealkylation sites (tertiary alicyclic amines) is 1. The molecule has 1 saturated carbocycles. The Morgan fingerprint density at radius 1 is 1.45 bits per heavy atom. The molecule has 4 nitrogen and oxygen atoms in total. The van der Waals surface area contributed by atoms with Crippen LogP contribution in [0.4, 0.5) is 0 Å². The molecule has 4 atom stereocenters. The molecule has 110 valence electrons. The number of nitrogens with zero attached hydrogens (tertiary/aromatic N) is 1. The molecule has 4 heteroatoms. The molecule has 2 heterocycles. The number of carbonyl (C=O) groups is 1. The minimum absolute atomic E-state index is 0.110. The lowest BCUT2D eigenvalue weighted by Crippen LogP contribution is -2.41. The smallest absolute Gasteiger partial charge is 0.321 e. The lowest BCUT2D eigenvalue weighted by atomic mass is 9.94. The van der Waals surface area contributed by atoms with Crippen molar-refractivity contribution in [1.29, 1.82) is 0 Å². The average Bonchev–Trinajstić information content (AvgIpc) is 3.00. The first-order chi connectivity index (χ1) is 9.49. The van der Waals surface area contributed by atoms with Crippen LogP contribution < -0.4 is 0 Å². The van der Waals surface area contributed by atoms with Gasteiger partial charge in [0.05, 0.1) is 0 Å². The number of aliphatic carboxylic acids is 1. The second-order valence-electron chi connectivity index (χ2n) is 6.38. The standard InChI is InChI=1S/C16H23NO3/c1-9-7-14(11(3)20-9)10(2)17-8-12-5-4-6-13(12)15(17)16(18)19/h7,10,12-13,15H,4-6,8H2,1-3H3,(H,18,19). The predicted molar refractivity (Wildman–Crippen MR) is 75.6 cm³/mol. The van der Waals surface area contributed by atoms with Crippen molar-refractivity contribution >= 4 is 5.97 Å². The van der Waals surface area contributed by atoms with Crippen LogP contribution in [0.15, 0.2) is 10.5 Å². The summed E-state index contributed by atoms with van der Waals surface area (Å²) in [7, 11) is 0. The summed E-state index contributed by atoms with van der Waals surface area (Å²) >= 11 is 0. The summed E-state index contributed by atoms with van der Waals surface area (Å²) in [6, 6.07) is 1.83. The van der Waals surface area contributed by atoms with Gasteiger partial charge in [-0.15, -0.1) is 0 Å². The molecule has 2 aliphatic rings. The lowest BCUT2D eigenvalue weighted by molar-refractivity contribution is -0.144. The van der Waals surface area contributed by atoms with Gasteiger partial charge in [0.2, 0.25) is 0 Å². The highest BCUT2D eigenvalue weighted by Gasteiger charge is 2.49. The fourth-order valence-electron chi connectivity index (χ4n) is 4.31. The fourth-order valence-corrected chi connectivity index (χ4v) is 4.31. The van der Waals surface area contributed by atoms with Gasteiger partial charge in [-0.1, -0.05) is 6.42 Å². The number of fused-ring (bicyclic) bond motifs is 1. The normalized spacial score (nSPS) is 31.4. The van der Waals surface area contributed by atoms with Crippen molar-refractivity contribution in [2.24, 2.45) is 11.8 Å². The average molecular weight is 277 g/mol. The molecule has 0 bridgehead atoms. The van der Waals surface area contributed by atoms with Crippen LogP contribution in [0.2, 0.25) is 0 Å². The summed E-state index contributed by atoms with van der Waals surface area (Å²) < 4.78 is 5.61. The zero-order valence-corrected chi connectivity index (χ0v) is 12.4. The van der Waals surface area contributed by atoms with E-state index in [1.165, 1.54) is 12.8 Å². The Bertz CT molecular complexity index is 522. The highest BCUT2D eigenvalue weighted by molar-refractivity contribution is 5.74. The van der Waals surface area contributed by atoms with Gasteiger partial charge in [-0.25, -0.2) is 0 Å². The van der Waals surface area contributed by atoms with Crippen LogP contribution in [-0.2, 0) is 4.79 Å². The van der Waals surface area contributed by atoms with Gasteiger partial charge in [-0.05, 0) is 51.5 Å². The van der Waals surface area contributed by atoms with Gasteiger partial charge in [-0.3, -0.25) is 9.69 Å². The third kappa shape index (κ3) is 2.06. The Morgan fingerprint density at radius 2 is 2.20 bits per heavy atom. The van der Waals surface area contributed by atoms with Crippen LogP contribution in [0.5, 0.6) is 0 Å². The number of carboxylic acid groups (broad SMARTS) is 1. The number of aryl methyl sites for hydroxylation is 2. The molecule has 1 aliphatic carbocycles. The molecule has 0 spiro atoms. The molecule has 1 saturated heterocycles. The summed E-state index contributed by atoms with van der Waals surface area (Å²) in [5, 5.41) is 9.64. The first kappa shape index (κ1) is 13.7. The maximum atomic E-state index is 11.7. The first-order valence-electron chi connectivity index (χ1n) is 7.54. The van der Waals surface area contributed by atoms with Crippen molar-refractivity contribution in [2.75, 3.05) is 6.54 Å². The van der Waals surface area contributed by atoms with Crippen LogP contribution in [0.25, 0.3) is 0 Å². The van der Waals surface area contributed by atoms with Crippen molar-refractivity contribution in [1.82, 2.24) is 4.90 Å². The summed E-state index contributed by atoms with van der Waals surface area (Å²) in [5.74, 6) is 2.05. The molecule has 1 aromatic rings. The number of furan rings is 1. The third-order valence-corrected chi connectivity index (χ3v) is 5.21. The van der Waals surface area contributed by atoms with Crippen LogP contribution in [0.3, 0.4) is 0 Å². The van der Waals surface area contributed by atoms with E-state index >= 15 is 0 Å². The van der Waals surface area contributed by atoms with E-state index in [9.17, 15) is 9.90 Å². The Labute approximate surface area is 119 Å². The summed E-state index contributed by atoms with van der Waals surface area (Å²) in [4.78, 5) is 13.9. The van der Waals surface area contributed by atoms with E-state index in [2.05, 4.69) is 11.8 Å². The maximum absolute atomic E-state index is 11.7. The van der Waals surface area contributed by atoms with Crippen molar-refractivity contribution < 1.29 is 14.3 Å². The molecule has 3 rings (SSSR count). The Kier molecular flexibility index (Phi) is 3.36. The Hall–Kier alpha value is -1.29. The molecule has 0 amide bonds.